The van der Waals surface area contributed by atoms with Gasteiger partial charge in [-0.15, -0.1) is 0 Å². The van der Waals surface area contributed by atoms with Crippen molar-refractivity contribution in [1.29, 1.82) is 0 Å². The second-order valence-corrected chi connectivity index (χ2v) is 21.6. The minimum absolute atomic E-state index is 0.384. The standard InChI is InChI=1S/C78H49F6NO2/c1-3-48-18-32-59(33-19-48)86-61-36-24-52(25-37-61)77(75-71(81)42-54(79)43-72(75)82)67-16-10-8-14-63(67)65-40-30-57(46-69(65)77)85(56-28-22-51(23-29-56)50-12-6-5-7-13-50)58-31-41-66-64-15-9-11-17-68(64)78(70(66)47-58,76-73(83)44-55(80)45-74(76)84)53-26-38-62(39-27-53)87-60-34-20-49(4-2)21-35-60/h3-47H,1-2H2. The summed E-state index contributed by atoms with van der Waals surface area (Å²) in [4.78, 5) is 1.99. The Morgan fingerprint density at radius 1 is 0.310 bits per heavy atom. The summed E-state index contributed by atoms with van der Waals surface area (Å²) in [6.45, 7) is 7.69. The summed E-state index contributed by atoms with van der Waals surface area (Å²) < 4.78 is 112. The van der Waals surface area contributed by atoms with Crippen molar-refractivity contribution in [2.24, 2.45) is 0 Å². The van der Waals surface area contributed by atoms with E-state index in [1.54, 1.807) is 60.7 Å². The van der Waals surface area contributed by atoms with E-state index in [2.05, 4.69) is 13.2 Å². The minimum Gasteiger partial charge on any atom is -0.457 e. The molecule has 0 N–H and O–H groups in total. The van der Waals surface area contributed by atoms with E-state index >= 15 is 26.3 Å². The van der Waals surface area contributed by atoms with Crippen molar-refractivity contribution >= 4 is 29.2 Å². The molecule has 0 aromatic heterocycles. The van der Waals surface area contributed by atoms with Crippen LogP contribution in [0.5, 0.6) is 23.0 Å². The Hall–Kier alpha value is -10.9. The SMILES string of the molecule is C=Cc1ccc(Oc2ccc(C3(c4c(F)cc(F)cc4F)c4ccccc4-c4ccc(N(c5ccc(-c6ccccc6)cc5)c5ccc6c(c5)C(c5ccc(Oc7ccc(C=C)cc7)cc5)(c5c(F)cc(F)cc5F)c5ccccc5-6)cc43)cc2)cc1. The molecule has 0 fully saturated rings. The Labute approximate surface area is 499 Å². The summed E-state index contributed by atoms with van der Waals surface area (Å²) in [6, 6.07) is 75.9. The van der Waals surface area contributed by atoms with Crippen LogP contribution in [0.2, 0.25) is 0 Å². The number of hydrogen-bond donors (Lipinski definition) is 0. The van der Waals surface area contributed by atoms with E-state index in [9.17, 15) is 0 Å². The summed E-state index contributed by atoms with van der Waals surface area (Å²) >= 11 is 0. The fourth-order valence-corrected chi connectivity index (χ4v) is 13.1. The van der Waals surface area contributed by atoms with Crippen molar-refractivity contribution in [1.82, 2.24) is 0 Å². The zero-order valence-corrected chi connectivity index (χ0v) is 46.4. The molecule has 12 aromatic carbocycles. The lowest BCUT2D eigenvalue weighted by Crippen LogP contribution is -2.32. The van der Waals surface area contributed by atoms with Crippen LogP contribution in [0, 0.1) is 34.9 Å². The largest absolute Gasteiger partial charge is 0.457 e. The maximum Gasteiger partial charge on any atom is 0.133 e. The van der Waals surface area contributed by atoms with Crippen LogP contribution < -0.4 is 14.4 Å². The van der Waals surface area contributed by atoms with Gasteiger partial charge in [0.2, 0.25) is 0 Å². The van der Waals surface area contributed by atoms with E-state index in [1.807, 2.05) is 193 Å². The first-order valence-corrected chi connectivity index (χ1v) is 28.2. The summed E-state index contributed by atoms with van der Waals surface area (Å²) in [5.41, 5.74) is 6.97. The minimum atomic E-state index is -1.74. The van der Waals surface area contributed by atoms with E-state index in [0.717, 1.165) is 22.3 Å². The number of nitrogens with zero attached hydrogens (tertiary/aromatic N) is 1. The fraction of sp³-hybridized carbons (Fsp3) is 0.0256. The Morgan fingerprint density at radius 2 is 0.644 bits per heavy atom. The molecule has 2 aliphatic carbocycles. The highest BCUT2D eigenvalue weighted by molar-refractivity contribution is 5.93. The third-order valence-electron chi connectivity index (χ3n) is 16.8. The Kier molecular flexibility index (Phi) is 13.4. The molecule has 3 nitrogen and oxygen atoms in total. The van der Waals surface area contributed by atoms with Gasteiger partial charge in [-0.3, -0.25) is 0 Å². The lowest BCUT2D eigenvalue weighted by atomic mass is 9.67. The Balaban J connectivity index is 0.999. The van der Waals surface area contributed by atoms with Gasteiger partial charge in [0.05, 0.1) is 10.8 Å². The lowest BCUT2D eigenvalue weighted by molar-refractivity contribution is 0.481. The topological polar surface area (TPSA) is 21.7 Å². The molecular formula is C78H49F6NO2. The number of ether oxygens (including phenoxy) is 2. The fourth-order valence-electron chi connectivity index (χ4n) is 13.1. The molecular weight excluding hydrogens is 1100 g/mol. The van der Waals surface area contributed by atoms with Gasteiger partial charge in [-0.25, -0.2) is 26.3 Å². The molecule has 420 valence electrons. The van der Waals surface area contributed by atoms with Crippen molar-refractivity contribution in [2.75, 3.05) is 4.90 Å². The molecule has 87 heavy (non-hydrogen) atoms. The third kappa shape index (κ3) is 9.01. The predicted octanol–water partition coefficient (Wildman–Crippen LogP) is 21.3. The highest BCUT2D eigenvalue weighted by atomic mass is 19.2. The summed E-state index contributed by atoms with van der Waals surface area (Å²) in [5.74, 6) is -4.47. The van der Waals surface area contributed by atoms with Gasteiger partial charge in [-0.2, -0.15) is 0 Å². The van der Waals surface area contributed by atoms with Gasteiger partial charge in [0.25, 0.3) is 0 Å². The molecule has 0 radical (unpaired) electrons. The third-order valence-corrected chi connectivity index (χ3v) is 16.8. The molecule has 0 saturated carbocycles. The number of halogens is 6. The van der Waals surface area contributed by atoms with Crippen molar-refractivity contribution in [3.63, 3.8) is 0 Å². The second-order valence-electron chi connectivity index (χ2n) is 21.6. The molecule has 0 amide bonds. The zero-order valence-electron chi connectivity index (χ0n) is 46.4. The molecule has 0 heterocycles. The maximum absolute atomic E-state index is 17.3. The smallest absolute Gasteiger partial charge is 0.133 e. The van der Waals surface area contributed by atoms with Crippen molar-refractivity contribution in [3.05, 3.63) is 365 Å². The van der Waals surface area contributed by atoms with Gasteiger partial charge >= 0.3 is 0 Å². The van der Waals surface area contributed by atoms with Gasteiger partial charge in [-0.05, 0) is 163 Å². The van der Waals surface area contributed by atoms with Gasteiger partial charge in [-0.1, -0.05) is 177 Å². The maximum atomic E-state index is 17.3. The molecule has 14 rings (SSSR count). The van der Waals surface area contributed by atoms with Gasteiger partial charge in [0, 0.05) is 52.5 Å². The summed E-state index contributed by atoms with van der Waals surface area (Å²) in [7, 11) is 0. The molecule has 0 saturated heterocycles. The van der Waals surface area contributed by atoms with Crippen LogP contribution in [0.1, 0.15) is 55.6 Å². The van der Waals surface area contributed by atoms with Gasteiger partial charge in [0.1, 0.15) is 57.9 Å². The van der Waals surface area contributed by atoms with Crippen LogP contribution >= 0.6 is 0 Å². The Bertz CT molecular complexity index is 4360. The quantitative estimate of drug-likeness (QED) is 0.101. The van der Waals surface area contributed by atoms with Crippen LogP contribution in [0.25, 0.3) is 45.5 Å². The molecule has 0 bridgehead atoms. The lowest BCUT2D eigenvalue weighted by Gasteiger charge is -2.36. The summed E-state index contributed by atoms with van der Waals surface area (Å²) in [6.07, 6.45) is 3.46. The molecule has 2 atom stereocenters. The van der Waals surface area contributed by atoms with Crippen molar-refractivity contribution in [2.45, 2.75) is 10.8 Å². The number of rotatable bonds is 14. The molecule has 12 aromatic rings. The average molecular weight is 1150 g/mol. The van der Waals surface area contributed by atoms with E-state index in [1.165, 1.54) is 0 Å². The number of benzene rings is 12. The van der Waals surface area contributed by atoms with E-state index in [0.29, 0.717) is 120 Å². The molecule has 2 aliphatic rings. The Morgan fingerprint density at radius 3 is 1.03 bits per heavy atom. The van der Waals surface area contributed by atoms with E-state index in [-0.39, 0.29) is 11.1 Å². The average Bonchev–Trinajstić information content (AvgIpc) is 1.59. The summed E-state index contributed by atoms with van der Waals surface area (Å²) in [5, 5.41) is 0. The van der Waals surface area contributed by atoms with Crippen LogP contribution in [0.3, 0.4) is 0 Å². The normalized spacial score (nSPS) is 15.2. The molecule has 2 unspecified atom stereocenters. The monoisotopic (exact) mass is 1150 g/mol. The first-order chi connectivity index (χ1) is 42.5. The number of hydrogen-bond acceptors (Lipinski definition) is 3. The number of fused-ring (bicyclic) bond motifs is 6. The van der Waals surface area contributed by atoms with Crippen LogP contribution in [-0.4, -0.2) is 0 Å². The highest BCUT2D eigenvalue weighted by Gasteiger charge is 2.52. The first kappa shape index (κ1) is 54.1. The van der Waals surface area contributed by atoms with Crippen molar-refractivity contribution < 1.29 is 35.8 Å². The molecule has 0 spiro atoms. The predicted molar refractivity (Wildman–Crippen MR) is 334 cm³/mol. The molecule has 0 aliphatic heterocycles. The van der Waals surface area contributed by atoms with E-state index < -0.39 is 45.7 Å². The first-order valence-electron chi connectivity index (χ1n) is 28.2. The van der Waals surface area contributed by atoms with Crippen LogP contribution in [0.4, 0.5) is 43.4 Å². The van der Waals surface area contributed by atoms with Gasteiger partial charge in [0.15, 0.2) is 0 Å². The molecule has 9 heteroatoms. The zero-order chi connectivity index (χ0) is 59.6. The highest BCUT2D eigenvalue weighted by Crippen LogP contribution is 2.61. The van der Waals surface area contributed by atoms with Gasteiger partial charge < -0.3 is 14.4 Å². The van der Waals surface area contributed by atoms with Crippen LogP contribution in [0.15, 0.2) is 274 Å². The van der Waals surface area contributed by atoms with Crippen molar-refractivity contribution in [3.8, 4) is 56.4 Å². The van der Waals surface area contributed by atoms with Crippen LogP contribution in [-0.2, 0) is 10.8 Å². The van der Waals surface area contributed by atoms with E-state index in [4.69, 9.17) is 9.47 Å². The number of anilines is 3. The second kappa shape index (κ2) is 21.6.